The summed E-state index contributed by atoms with van der Waals surface area (Å²) in [6.07, 6.45) is 0. The van der Waals surface area contributed by atoms with E-state index in [2.05, 4.69) is 5.32 Å². The van der Waals surface area contributed by atoms with Crippen LogP contribution in [0.4, 0.5) is 11.4 Å². The predicted octanol–water partition coefficient (Wildman–Crippen LogP) is 3.28. The molecule has 0 saturated heterocycles. The summed E-state index contributed by atoms with van der Waals surface area (Å²) in [5.74, 6) is 0.456. The number of para-hydroxylation sites is 1. The zero-order valence-electron chi connectivity index (χ0n) is 11.4. The summed E-state index contributed by atoms with van der Waals surface area (Å²) < 4.78 is 10.6. The topological polar surface area (TPSA) is 77.5 Å². The summed E-state index contributed by atoms with van der Waals surface area (Å²) in [4.78, 5) is 12.2. The molecule has 0 saturated carbocycles. The Balaban J connectivity index is 1.87. The molecular formula is C16H14N2O3. The Labute approximate surface area is 121 Å². The lowest BCUT2D eigenvalue weighted by Gasteiger charge is -2.05. The van der Waals surface area contributed by atoms with Crippen molar-refractivity contribution in [1.82, 2.24) is 0 Å². The number of hydrogen-bond donors (Lipinski definition) is 2. The van der Waals surface area contributed by atoms with E-state index >= 15 is 0 Å². The van der Waals surface area contributed by atoms with Gasteiger partial charge in [-0.1, -0.05) is 12.1 Å². The Morgan fingerprint density at radius 3 is 2.52 bits per heavy atom. The zero-order chi connectivity index (χ0) is 14.8. The fourth-order valence-electron chi connectivity index (χ4n) is 2.10. The quantitative estimate of drug-likeness (QED) is 0.772. The van der Waals surface area contributed by atoms with Crippen LogP contribution in [-0.4, -0.2) is 13.0 Å². The van der Waals surface area contributed by atoms with Gasteiger partial charge in [-0.3, -0.25) is 4.79 Å². The Kier molecular flexibility index (Phi) is 3.23. The van der Waals surface area contributed by atoms with Crippen molar-refractivity contribution in [3.8, 4) is 5.75 Å². The largest absolute Gasteiger partial charge is 0.497 e. The molecule has 21 heavy (non-hydrogen) atoms. The molecule has 0 aliphatic heterocycles. The highest BCUT2D eigenvalue weighted by Crippen LogP contribution is 2.28. The Morgan fingerprint density at radius 2 is 1.86 bits per heavy atom. The first kappa shape index (κ1) is 13.1. The monoisotopic (exact) mass is 282 g/mol. The number of anilines is 2. The van der Waals surface area contributed by atoms with Crippen LogP contribution in [0.1, 0.15) is 10.6 Å². The molecule has 0 aliphatic rings. The van der Waals surface area contributed by atoms with Gasteiger partial charge in [-0.05, 0) is 36.4 Å². The lowest BCUT2D eigenvalue weighted by molar-refractivity contribution is 0.1000. The number of benzene rings is 2. The van der Waals surface area contributed by atoms with Gasteiger partial charge in [0.15, 0.2) is 0 Å². The van der Waals surface area contributed by atoms with Gasteiger partial charge in [0.05, 0.1) is 12.8 Å². The van der Waals surface area contributed by atoms with E-state index < -0.39 is 0 Å². The highest BCUT2D eigenvalue weighted by atomic mass is 16.5. The van der Waals surface area contributed by atoms with Crippen molar-refractivity contribution in [1.29, 1.82) is 0 Å². The molecule has 3 aromatic rings. The molecule has 0 aliphatic carbocycles. The van der Waals surface area contributed by atoms with Crippen molar-refractivity contribution < 1.29 is 13.9 Å². The first-order chi connectivity index (χ1) is 10.2. The molecule has 5 heteroatoms. The number of fused-ring (bicyclic) bond motifs is 1. The molecule has 2 aromatic carbocycles. The highest BCUT2D eigenvalue weighted by molar-refractivity contribution is 6.10. The van der Waals surface area contributed by atoms with E-state index in [1.165, 1.54) is 0 Å². The first-order valence-corrected chi connectivity index (χ1v) is 6.41. The number of furan rings is 1. The molecule has 3 rings (SSSR count). The standard InChI is InChI=1S/C16H14N2O3/c1-20-11-8-6-10(7-9-11)18-16(19)15-14(17)12-4-2-3-5-13(12)21-15/h2-9H,17H2,1H3,(H,18,19). The van der Waals surface area contributed by atoms with Crippen LogP contribution in [0.3, 0.4) is 0 Å². The molecular weight excluding hydrogens is 268 g/mol. The van der Waals surface area contributed by atoms with Crippen molar-refractivity contribution in [3.05, 3.63) is 54.3 Å². The summed E-state index contributed by atoms with van der Waals surface area (Å²) in [7, 11) is 1.59. The van der Waals surface area contributed by atoms with Gasteiger partial charge in [0.1, 0.15) is 11.3 Å². The predicted molar refractivity (Wildman–Crippen MR) is 81.6 cm³/mol. The Bertz CT molecular complexity index is 791. The number of amides is 1. The second kappa shape index (κ2) is 5.20. The summed E-state index contributed by atoms with van der Waals surface area (Å²) in [5.41, 5.74) is 7.54. The number of nitrogens with two attached hydrogens (primary N) is 1. The van der Waals surface area contributed by atoms with Crippen LogP contribution in [0.25, 0.3) is 11.0 Å². The fraction of sp³-hybridized carbons (Fsp3) is 0.0625. The van der Waals surface area contributed by atoms with Crippen LogP contribution in [0.15, 0.2) is 52.9 Å². The Hall–Kier alpha value is -2.95. The molecule has 3 N–H and O–H groups in total. The number of ether oxygens (including phenoxy) is 1. The third kappa shape index (κ3) is 2.41. The minimum Gasteiger partial charge on any atom is -0.497 e. The van der Waals surface area contributed by atoms with E-state index in [0.29, 0.717) is 17.0 Å². The van der Waals surface area contributed by atoms with Gasteiger partial charge in [-0.25, -0.2) is 0 Å². The van der Waals surface area contributed by atoms with Gasteiger partial charge in [0.25, 0.3) is 5.91 Å². The van der Waals surface area contributed by atoms with E-state index in [9.17, 15) is 4.79 Å². The number of carbonyl (C=O) groups is 1. The van der Waals surface area contributed by atoms with Crippen LogP contribution in [0.2, 0.25) is 0 Å². The maximum absolute atomic E-state index is 12.2. The molecule has 0 fully saturated rings. The molecule has 0 unspecified atom stereocenters. The van der Waals surface area contributed by atoms with E-state index in [-0.39, 0.29) is 11.7 Å². The van der Waals surface area contributed by atoms with E-state index in [1.807, 2.05) is 18.2 Å². The van der Waals surface area contributed by atoms with Crippen LogP contribution < -0.4 is 15.8 Å². The van der Waals surface area contributed by atoms with Crippen molar-refractivity contribution >= 4 is 28.3 Å². The molecule has 106 valence electrons. The van der Waals surface area contributed by atoms with Crippen LogP contribution in [-0.2, 0) is 0 Å². The SMILES string of the molecule is COc1ccc(NC(=O)c2oc3ccccc3c2N)cc1. The number of hydrogen-bond acceptors (Lipinski definition) is 4. The molecule has 5 nitrogen and oxygen atoms in total. The number of nitrogens with one attached hydrogen (secondary N) is 1. The molecule has 1 amide bonds. The zero-order valence-corrected chi connectivity index (χ0v) is 11.4. The number of rotatable bonds is 3. The molecule has 0 radical (unpaired) electrons. The van der Waals surface area contributed by atoms with E-state index in [0.717, 1.165) is 11.1 Å². The fourth-order valence-corrected chi connectivity index (χ4v) is 2.10. The van der Waals surface area contributed by atoms with Crippen molar-refractivity contribution in [2.45, 2.75) is 0 Å². The van der Waals surface area contributed by atoms with Gasteiger partial charge >= 0.3 is 0 Å². The number of nitrogen functional groups attached to an aromatic ring is 1. The molecule has 0 atom stereocenters. The van der Waals surface area contributed by atoms with Gasteiger partial charge in [0, 0.05) is 11.1 Å². The Morgan fingerprint density at radius 1 is 1.14 bits per heavy atom. The number of methoxy groups -OCH3 is 1. The summed E-state index contributed by atoms with van der Waals surface area (Å²) in [6, 6.07) is 14.3. The minimum atomic E-state index is -0.381. The summed E-state index contributed by atoms with van der Waals surface area (Å²) >= 11 is 0. The average Bonchev–Trinajstić information content (AvgIpc) is 2.86. The van der Waals surface area contributed by atoms with Crippen molar-refractivity contribution in [2.75, 3.05) is 18.2 Å². The summed E-state index contributed by atoms with van der Waals surface area (Å²) in [6.45, 7) is 0. The van der Waals surface area contributed by atoms with Gasteiger partial charge in [-0.15, -0.1) is 0 Å². The molecule has 0 bridgehead atoms. The van der Waals surface area contributed by atoms with Crippen molar-refractivity contribution in [3.63, 3.8) is 0 Å². The second-order valence-corrected chi connectivity index (χ2v) is 4.52. The smallest absolute Gasteiger partial charge is 0.293 e. The molecule has 1 aromatic heterocycles. The first-order valence-electron chi connectivity index (χ1n) is 6.41. The van der Waals surface area contributed by atoms with Gasteiger partial charge < -0.3 is 20.2 Å². The van der Waals surface area contributed by atoms with E-state index in [4.69, 9.17) is 14.9 Å². The lowest BCUT2D eigenvalue weighted by atomic mass is 10.2. The maximum Gasteiger partial charge on any atom is 0.293 e. The third-order valence-corrected chi connectivity index (χ3v) is 3.19. The molecule has 1 heterocycles. The maximum atomic E-state index is 12.2. The second-order valence-electron chi connectivity index (χ2n) is 4.52. The number of carbonyl (C=O) groups excluding carboxylic acids is 1. The van der Waals surface area contributed by atoms with Gasteiger partial charge in [-0.2, -0.15) is 0 Å². The van der Waals surface area contributed by atoms with E-state index in [1.54, 1.807) is 37.4 Å². The van der Waals surface area contributed by atoms with Crippen LogP contribution in [0, 0.1) is 0 Å². The third-order valence-electron chi connectivity index (χ3n) is 3.19. The van der Waals surface area contributed by atoms with Crippen LogP contribution >= 0.6 is 0 Å². The highest BCUT2D eigenvalue weighted by Gasteiger charge is 2.18. The average molecular weight is 282 g/mol. The normalized spacial score (nSPS) is 10.5. The van der Waals surface area contributed by atoms with Crippen molar-refractivity contribution in [2.24, 2.45) is 0 Å². The van der Waals surface area contributed by atoms with Gasteiger partial charge in [0.2, 0.25) is 5.76 Å². The molecule has 0 spiro atoms. The minimum absolute atomic E-state index is 0.118. The lowest BCUT2D eigenvalue weighted by Crippen LogP contribution is -2.12. The summed E-state index contributed by atoms with van der Waals surface area (Å²) in [5, 5.41) is 3.48. The van der Waals surface area contributed by atoms with Crippen LogP contribution in [0.5, 0.6) is 5.75 Å².